The van der Waals surface area contributed by atoms with Crippen molar-refractivity contribution in [2.24, 2.45) is 0 Å². The maximum Gasteiger partial charge on any atom is 0.367 e. The molecule has 1 aliphatic rings. The number of imide groups is 1. The number of amides is 2. The molecule has 102 valence electrons. The number of rotatable bonds is 4. The Morgan fingerprint density at radius 3 is 2.58 bits per heavy atom. The normalized spacial score (nSPS) is 15.2. The van der Waals surface area contributed by atoms with Gasteiger partial charge in [0.2, 0.25) is 0 Å². The van der Waals surface area contributed by atoms with Gasteiger partial charge in [-0.05, 0) is 13.3 Å². The minimum absolute atomic E-state index is 0.0835. The van der Waals surface area contributed by atoms with E-state index in [1.54, 1.807) is 17.8 Å². The minimum atomic E-state index is -0.733. The van der Waals surface area contributed by atoms with Crippen LogP contribution in [0.1, 0.15) is 42.2 Å². The smallest absolute Gasteiger partial charge is 0.325 e. The molecule has 0 aliphatic carbocycles. The summed E-state index contributed by atoms with van der Waals surface area (Å²) >= 11 is 0. The number of carbonyl (C=O) groups is 3. The Bertz CT molecular complexity index is 519. The predicted octanol–water partition coefficient (Wildman–Crippen LogP) is 0.822. The topological polar surface area (TPSA) is 81.5 Å². The van der Waals surface area contributed by atoms with Crippen molar-refractivity contribution < 1.29 is 19.2 Å². The van der Waals surface area contributed by atoms with Gasteiger partial charge in [0.25, 0.3) is 11.8 Å². The summed E-state index contributed by atoms with van der Waals surface area (Å²) in [6.45, 7) is 4.36. The highest BCUT2D eigenvalue weighted by Gasteiger charge is 2.33. The summed E-state index contributed by atoms with van der Waals surface area (Å²) < 4.78 is 1.64. The van der Waals surface area contributed by atoms with E-state index in [0.29, 0.717) is 17.3 Å². The third kappa shape index (κ3) is 2.64. The molecule has 0 aromatic carbocycles. The fourth-order valence-corrected chi connectivity index (χ4v) is 1.85. The van der Waals surface area contributed by atoms with Crippen molar-refractivity contribution >= 4 is 17.8 Å². The molecular formula is C12H15N3O4. The number of hydrogen-bond acceptors (Lipinski definition) is 5. The largest absolute Gasteiger partial charge is 0.367 e. The fourth-order valence-electron chi connectivity index (χ4n) is 1.85. The van der Waals surface area contributed by atoms with Crippen LogP contribution < -0.4 is 0 Å². The molecule has 2 heterocycles. The van der Waals surface area contributed by atoms with E-state index in [0.717, 1.165) is 6.42 Å². The van der Waals surface area contributed by atoms with E-state index in [1.165, 1.54) is 0 Å². The summed E-state index contributed by atoms with van der Waals surface area (Å²) in [6, 6.07) is 0. The van der Waals surface area contributed by atoms with Crippen LogP contribution in [0, 0.1) is 6.92 Å². The van der Waals surface area contributed by atoms with Crippen LogP contribution in [-0.2, 0) is 21.0 Å². The van der Waals surface area contributed by atoms with E-state index in [2.05, 4.69) is 5.10 Å². The zero-order valence-electron chi connectivity index (χ0n) is 10.9. The lowest BCUT2D eigenvalue weighted by molar-refractivity contribution is -0.172. The standard InChI is InChI=1S/C12H15N3O4/c1-3-6-14-7-9(8(2)13-14)12(18)19-15-10(16)4-5-11(15)17/h7H,3-6H2,1-2H3. The zero-order valence-corrected chi connectivity index (χ0v) is 10.9. The van der Waals surface area contributed by atoms with Gasteiger partial charge in [-0.15, -0.1) is 5.06 Å². The second-order valence-corrected chi connectivity index (χ2v) is 4.35. The van der Waals surface area contributed by atoms with E-state index in [-0.39, 0.29) is 18.4 Å². The van der Waals surface area contributed by atoms with Crippen LogP contribution in [0.4, 0.5) is 0 Å². The Hall–Kier alpha value is -2.18. The molecule has 0 atom stereocenters. The molecule has 2 rings (SSSR count). The van der Waals surface area contributed by atoms with E-state index < -0.39 is 17.8 Å². The lowest BCUT2D eigenvalue weighted by Gasteiger charge is -2.11. The van der Waals surface area contributed by atoms with Crippen LogP contribution >= 0.6 is 0 Å². The lowest BCUT2D eigenvalue weighted by atomic mass is 10.3. The Morgan fingerprint density at radius 1 is 1.37 bits per heavy atom. The average molecular weight is 265 g/mol. The van der Waals surface area contributed by atoms with Crippen LogP contribution in [0.15, 0.2) is 6.20 Å². The summed E-state index contributed by atoms with van der Waals surface area (Å²) in [5.74, 6) is -1.71. The second-order valence-electron chi connectivity index (χ2n) is 4.35. The first-order valence-electron chi connectivity index (χ1n) is 6.15. The summed E-state index contributed by atoms with van der Waals surface area (Å²) in [4.78, 5) is 39.4. The maximum absolute atomic E-state index is 11.9. The van der Waals surface area contributed by atoms with E-state index in [4.69, 9.17) is 4.84 Å². The number of aromatic nitrogens is 2. The van der Waals surface area contributed by atoms with Gasteiger partial charge in [0.15, 0.2) is 0 Å². The van der Waals surface area contributed by atoms with Crippen molar-refractivity contribution in [3.05, 3.63) is 17.5 Å². The van der Waals surface area contributed by atoms with E-state index >= 15 is 0 Å². The van der Waals surface area contributed by atoms with Crippen LogP contribution in [0.3, 0.4) is 0 Å². The van der Waals surface area contributed by atoms with Crippen LogP contribution in [-0.4, -0.2) is 32.6 Å². The summed E-state index contributed by atoms with van der Waals surface area (Å²) in [5.41, 5.74) is 0.776. The molecule has 0 saturated carbocycles. The Labute approximate surface area is 110 Å². The first-order chi connectivity index (χ1) is 9.02. The highest BCUT2D eigenvalue weighted by Crippen LogP contribution is 2.15. The molecule has 0 bridgehead atoms. The molecule has 0 unspecified atom stereocenters. The van der Waals surface area contributed by atoms with E-state index in [9.17, 15) is 14.4 Å². The number of aryl methyl sites for hydroxylation is 2. The van der Waals surface area contributed by atoms with Crippen molar-refractivity contribution in [2.75, 3.05) is 0 Å². The molecule has 19 heavy (non-hydrogen) atoms. The van der Waals surface area contributed by atoms with Crippen molar-refractivity contribution in [2.45, 2.75) is 39.7 Å². The lowest BCUT2D eigenvalue weighted by Crippen LogP contribution is -2.32. The Balaban J connectivity index is 2.11. The number of nitrogens with zero attached hydrogens (tertiary/aromatic N) is 3. The van der Waals surface area contributed by atoms with Crippen molar-refractivity contribution in [3.63, 3.8) is 0 Å². The summed E-state index contributed by atoms with van der Waals surface area (Å²) in [6.07, 6.45) is 2.62. The first kappa shape index (κ1) is 13.3. The highest BCUT2D eigenvalue weighted by molar-refractivity contribution is 6.02. The number of hydroxylamine groups is 2. The average Bonchev–Trinajstić information content (AvgIpc) is 2.87. The molecule has 1 saturated heterocycles. The van der Waals surface area contributed by atoms with Crippen LogP contribution in [0.5, 0.6) is 0 Å². The minimum Gasteiger partial charge on any atom is -0.325 e. The molecule has 7 nitrogen and oxygen atoms in total. The third-order valence-corrected chi connectivity index (χ3v) is 2.80. The van der Waals surface area contributed by atoms with Gasteiger partial charge in [-0.1, -0.05) is 6.92 Å². The molecule has 1 aromatic heterocycles. The molecule has 0 spiro atoms. The van der Waals surface area contributed by atoms with Gasteiger partial charge in [0.05, 0.1) is 5.69 Å². The predicted molar refractivity (Wildman–Crippen MR) is 63.8 cm³/mol. The molecule has 0 N–H and O–H groups in total. The number of carbonyl (C=O) groups excluding carboxylic acids is 3. The quantitative estimate of drug-likeness (QED) is 0.753. The van der Waals surface area contributed by atoms with Crippen LogP contribution in [0.2, 0.25) is 0 Å². The second kappa shape index (κ2) is 5.21. The Kier molecular flexibility index (Phi) is 3.64. The van der Waals surface area contributed by atoms with Gasteiger partial charge in [-0.25, -0.2) is 4.79 Å². The van der Waals surface area contributed by atoms with Gasteiger partial charge in [-0.3, -0.25) is 14.3 Å². The van der Waals surface area contributed by atoms with Gasteiger partial charge >= 0.3 is 5.97 Å². The highest BCUT2D eigenvalue weighted by atomic mass is 16.7. The van der Waals surface area contributed by atoms with E-state index in [1.807, 2.05) is 6.92 Å². The first-order valence-corrected chi connectivity index (χ1v) is 6.15. The molecule has 1 aliphatic heterocycles. The van der Waals surface area contributed by atoms with Gasteiger partial charge < -0.3 is 4.84 Å². The molecule has 0 radical (unpaired) electrons. The number of hydrogen-bond donors (Lipinski definition) is 0. The van der Waals surface area contributed by atoms with Gasteiger partial charge in [-0.2, -0.15) is 5.10 Å². The zero-order chi connectivity index (χ0) is 14.0. The van der Waals surface area contributed by atoms with Crippen molar-refractivity contribution in [1.82, 2.24) is 14.8 Å². The maximum atomic E-state index is 11.9. The SMILES string of the molecule is CCCn1cc(C(=O)ON2C(=O)CCC2=O)c(C)n1. The van der Waals surface area contributed by atoms with Crippen molar-refractivity contribution in [3.8, 4) is 0 Å². The summed E-state index contributed by atoms with van der Waals surface area (Å²) in [7, 11) is 0. The van der Waals surface area contributed by atoms with Crippen molar-refractivity contribution in [1.29, 1.82) is 0 Å². The fraction of sp³-hybridized carbons (Fsp3) is 0.500. The third-order valence-electron chi connectivity index (χ3n) is 2.80. The molecule has 7 heteroatoms. The molecule has 1 fully saturated rings. The van der Waals surface area contributed by atoms with Gasteiger partial charge in [0, 0.05) is 25.6 Å². The Morgan fingerprint density at radius 2 is 2.00 bits per heavy atom. The monoisotopic (exact) mass is 265 g/mol. The summed E-state index contributed by atoms with van der Waals surface area (Å²) in [5, 5.41) is 4.70. The van der Waals surface area contributed by atoms with Crippen LogP contribution in [0.25, 0.3) is 0 Å². The molecule has 2 amide bonds. The molecule has 1 aromatic rings. The van der Waals surface area contributed by atoms with Gasteiger partial charge in [0.1, 0.15) is 5.56 Å². The molecular weight excluding hydrogens is 250 g/mol.